The fraction of sp³-hybridized carbons (Fsp3) is 0.100. The smallest absolute Gasteiger partial charge is 0.188 e. The van der Waals surface area contributed by atoms with Crippen LogP contribution < -0.4 is 0 Å². The Morgan fingerprint density at radius 3 is 2.83 bits per heavy atom. The van der Waals surface area contributed by atoms with Gasteiger partial charge in [0.05, 0.1) is 6.26 Å². The van der Waals surface area contributed by atoms with E-state index in [9.17, 15) is 4.79 Å². The zero-order valence-electron chi connectivity index (χ0n) is 6.82. The molecule has 0 aliphatic rings. The highest BCUT2D eigenvalue weighted by molar-refractivity contribution is 6.04. The lowest BCUT2D eigenvalue weighted by Crippen LogP contribution is -1.93. The summed E-state index contributed by atoms with van der Waals surface area (Å²) in [5.41, 5.74) is 1.63. The van der Waals surface area contributed by atoms with Gasteiger partial charge in [-0.05, 0) is 13.0 Å². The van der Waals surface area contributed by atoms with Crippen LogP contribution in [0.4, 0.5) is 0 Å². The van der Waals surface area contributed by atoms with Crippen LogP contribution in [0, 0.1) is 6.92 Å². The number of aryl methyl sites for hydroxylation is 1. The summed E-state index contributed by atoms with van der Waals surface area (Å²) < 4.78 is 0. The standard InChI is InChI=1S/C10H10O2/c1-8-3-2-4-9(7-8)10(12)5-6-11/h2-7,11H,1H3. The van der Waals surface area contributed by atoms with Crippen LogP contribution in [0.15, 0.2) is 36.6 Å². The van der Waals surface area contributed by atoms with E-state index in [1.807, 2.05) is 19.1 Å². The van der Waals surface area contributed by atoms with E-state index < -0.39 is 0 Å². The molecule has 1 aromatic rings. The van der Waals surface area contributed by atoms with Crippen molar-refractivity contribution < 1.29 is 9.90 Å². The Morgan fingerprint density at radius 2 is 2.25 bits per heavy atom. The molecule has 0 aliphatic heterocycles. The topological polar surface area (TPSA) is 37.3 Å². The first kappa shape index (κ1) is 8.53. The normalized spacial score (nSPS) is 10.4. The number of rotatable bonds is 2. The molecule has 0 aromatic heterocycles. The third-order valence-corrected chi connectivity index (χ3v) is 1.53. The first-order valence-electron chi connectivity index (χ1n) is 3.66. The lowest BCUT2D eigenvalue weighted by molar-refractivity contribution is 0.104. The zero-order chi connectivity index (χ0) is 8.97. The van der Waals surface area contributed by atoms with E-state index in [2.05, 4.69) is 0 Å². The zero-order valence-corrected chi connectivity index (χ0v) is 6.82. The van der Waals surface area contributed by atoms with E-state index in [0.717, 1.165) is 17.9 Å². The van der Waals surface area contributed by atoms with Crippen molar-refractivity contribution in [1.82, 2.24) is 0 Å². The lowest BCUT2D eigenvalue weighted by Gasteiger charge is -1.95. The first-order chi connectivity index (χ1) is 5.74. The average molecular weight is 162 g/mol. The Bertz CT molecular complexity index is 313. The van der Waals surface area contributed by atoms with Gasteiger partial charge in [-0.3, -0.25) is 4.79 Å². The van der Waals surface area contributed by atoms with E-state index in [-0.39, 0.29) is 5.78 Å². The van der Waals surface area contributed by atoms with Crippen molar-refractivity contribution in [3.63, 3.8) is 0 Å². The molecule has 1 N–H and O–H groups in total. The van der Waals surface area contributed by atoms with Gasteiger partial charge in [0.25, 0.3) is 0 Å². The van der Waals surface area contributed by atoms with Gasteiger partial charge in [0.15, 0.2) is 5.78 Å². The van der Waals surface area contributed by atoms with E-state index in [1.165, 1.54) is 0 Å². The Hall–Kier alpha value is -1.57. The summed E-state index contributed by atoms with van der Waals surface area (Å²) in [6.07, 6.45) is 1.89. The molecule has 62 valence electrons. The van der Waals surface area contributed by atoms with Gasteiger partial charge in [0.1, 0.15) is 0 Å². The number of carbonyl (C=O) groups is 1. The monoisotopic (exact) mass is 162 g/mol. The van der Waals surface area contributed by atoms with E-state index in [0.29, 0.717) is 5.56 Å². The fourth-order valence-corrected chi connectivity index (χ4v) is 0.962. The van der Waals surface area contributed by atoms with Gasteiger partial charge >= 0.3 is 0 Å². The summed E-state index contributed by atoms with van der Waals surface area (Å²) in [6.45, 7) is 1.92. The maximum absolute atomic E-state index is 11.2. The minimum atomic E-state index is -0.179. The molecule has 1 aromatic carbocycles. The SMILES string of the molecule is Cc1cccc(C(=O)C=CO)c1. The van der Waals surface area contributed by atoms with Crippen molar-refractivity contribution >= 4 is 5.78 Å². The van der Waals surface area contributed by atoms with Crippen molar-refractivity contribution in [1.29, 1.82) is 0 Å². The van der Waals surface area contributed by atoms with Gasteiger partial charge in [0, 0.05) is 11.6 Å². The first-order valence-corrected chi connectivity index (χ1v) is 3.66. The van der Waals surface area contributed by atoms with E-state index in [1.54, 1.807) is 12.1 Å². The van der Waals surface area contributed by atoms with Crippen molar-refractivity contribution in [3.05, 3.63) is 47.7 Å². The second kappa shape index (κ2) is 3.72. The molecule has 0 amide bonds. The van der Waals surface area contributed by atoms with Crippen LogP contribution in [0.5, 0.6) is 0 Å². The third kappa shape index (κ3) is 1.95. The van der Waals surface area contributed by atoms with Crippen LogP contribution in [0.25, 0.3) is 0 Å². The number of benzene rings is 1. The molecule has 2 heteroatoms. The molecule has 12 heavy (non-hydrogen) atoms. The molecule has 0 spiro atoms. The highest BCUT2D eigenvalue weighted by atomic mass is 16.2. The lowest BCUT2D eigenvalue weighted by atomic mass is 10.1. The van der Waals surface area contributed by atoms with Gasteiger partial charge in [-0.25, -0.2) is 0 Å². The molecule has 0 saturated carbocycles. The molecule has 0 aliphatic carbocycles. The predicted molar refractivity (Wildman–Crippen MR) is 47.3 cm³/mol. The Labute approximate surface area is 71.2 Å². The van der Waals surface area contributed by atoms with E-state index in [4.69, 9.17) is 5.11 Å². The van der Waals surface area contributed by atoms with Crippen LogP contribution in [-0.4, -0.2) is 10.9 Å². The Kier molecular flexibility index (Phi) is 2.64. The fourth-order valence-electron chi connectivity index (χ4n) is 0.962. The molecule has 0 heterocycles. The van der Waals surface area contributed by atoms with Crippen LogP contribution in [0.3, 0.4) is 0 Å². The highest BCUT2D eigenvalue weighted by Crippen LogP contribution is 2.04. The highest BCUT2D eigenvalue weighted by Gasteiger charge is 1.99. The number of ketones is 1. The van der Waals surface area contributed by atoms with Gasteiger partial charge in [-0.2, -0.15) is 0 Å². The summed E-state index contributed by atoms with van der Waals surface area (Å²) in [5.74, 6) is -0.179. The summed E-state index contributed by atoms with van der Waals surface area (Å²) in [6, 6.07) is 7.23. The quantitative estimate of drug-likeness (QED) is 0.411. The van der Waals surface area contributed by atoms with Crippen molar-refractivity contribution in [2.75, 3.05) is 0 Å². The van der Waals surface area contributed by atoms with Gasteiger partial charge in [0.2, 0.25) is 0 Å². The molecule has 0 fully saturated rings. The number of carbonyl (C=O) groups excluding carboxylic acids is 1. The number of hydrogen-bond donors (Lipinski definition) is 1. The molecular weight excluding hydrogens is 152 g/mol. The Morgan fingerprint density at radius 1 is 1.50 bits per heavy atom. The van der Waals surface area contributed by atoms with Crippen molar-refractivity contribution in [2.45, 2.75) is 6.92 Å². The van der Waals surface area contributed by atoms with Crippen LogP contribution in [0.2, 0.25) is 0 Å². The molecule has 0 atom stereocenters. The second-order valence-corrected chi connectivity index (χ2v) is 2.55. The van der Waals surface area contributed by atoms with Gasteiger partial charge < -0.3 is 5.11 Å². The summed E-state index contributed by atoms with van der Waals surface area (Å²) in [7, 11) is 0. The molecule has 0 saturated heterocycles. The minimum Gasteiger partial charge on any atom is -0.515 e. The average Bonchev–Trinajstić information content (AvgIpc) is 2.05. The number of aliphatic hydroxyl groups is 1. The minimum absolute atomic E-state index is 0.179. The largest absolute Gasteiger partial charge is 0.515 e. The molecule has 0 unspecified atom stereocenters. The van der Waals surface area contributed by atoms with Gasteiger partial charge in [-0.15, -0.1) is 0 Å². The van der Waals surface area contributed by atoms with Crippen LogP contribution >= 0.6 is 0 Å². The Balaban J connectivity index is 2.96. The summed E-state index contributed by atoms with van der Waals surface area (Å²) >= 11 is 0. The van der Waals surface area contributed by atoms with Crippen molar-refractivity contribution in [3.8, 4) is 0 Å². The second-order valence-electron chi connectivity index (χ2n) is 2.55. The van der Waals surface area contributed by atoms with E-state index >= 15 is 0 Å². The maximum atomic E-state index is 11.2. The molecule has 0 bridgehead atoms. The van der Waals surface area contributed by atoms with Crippen LogP contribution in [0.1, 0.15) is 15.9 Å². The van der Waals surface area contributed by atoms with Crippen LogP contribution in [-0.2, 0) is 0 Å². The van der Waals surface area contributed by atoms with Crippen molar-refractivity contribution in [2.24, 2.45) is 0 Å². The number of hydrogen-bond acceptors (Lipinski definition) is 2. The third-order valence-electron chi connectivity index (χ3n) is 1.53. The summed E-state index contributed by atoms with van der Waals surface area (Å²) in [5, 5.41) is 8.37. The summed E-state index contributed by atoms with van der Waals surface area (Å²) in [4.78, 5) is 11.2. The number of allylic oxidation sites excluding steroid dienone is 1. The molecule has 0 radical (unpaired) electrons. The molecule has 2 nitrogen and oxygen atoms in total. The molecular formula is C10H10O2. The maximum Gasteiger partial charge on any atom is 0.188 e. The number of aliphatic hydroxyl groups excluding tert-OH is 1. The van der Waals surface area contributed by atoms with Gasteiger partial charge in [-0.1, -0.05) is 23.8 Å². The molecule has 1 rings (SSSR count). The predicted octanol–water partition coefficient (Wildman–Crippen LogP) is 2.25.